The van der Waals surface area contributed by atoms with Gasteiger partial charge in [0.1, 0.15) is 12.0 Å². The molecule has 0 fully saturated rings. The molecule has 146 valence electrons. The molecule has 0 spiro atoms. The van der Waals surface area contributed by atoms with Crippen molar-refractivity contribution in [2.24, 2.45) is 0 Å². The summed E-state index contributed by atoms with van der Waals surface area (Å²) in [6.45, 7) is 4.74. The van der Waals surface area contributed by atoms with Crippen LogP contribution in [0, 0.1) is 0 Å². The van der Waals surface area contributed by atoms with Gasteiger partial charge in [-0.1, -0.05) is 26.0 Å². The van der Waals surface area contributed by atoms with Gasteiger partial charge >= 0.3 is 6.03 Å². The third kappa shape index (κ3) is 5.13. The average molecular weight is 379 g/mol. The fourth-order valence-electron chi connectivity index (χ4n) is 2.72. The number of hydrogen-bond donors (Lipinski definition) is 2. The summed E-state index contributed by atoms with van der Waals surface area (Å²) in [7, 11) is 1.63. The van der Waals surface area contributed by atoms with Gasteiger partial charge in [-0.2, -0.15) is 0 Å². The number of urea groups is 1. The third-order valence-electron chi connectivity index (χ3n) is 4.39. The fraction of sp³-hybridized carbons (Fsp3) is 0.273. The molecule has 0 saturated carbocycles. The van der Waals surface area contributed by atoms with Crippen molar-refractivity contribution in [1.82, 2.24) is 10.3 Å². The first kappa shape index (κ1) is 19.5. The molecular formula is C22H25N3O3. The first-order valence-electron chi connectivity index (χ1n) is 9.29. The monoisotopic (exact) mass is 379 g/mol. The van der Waals surface area contributed by atoms with Gasteiger partial charge in [-0.3, -0.25) is 0 Å². The smallest absolute Gasteiger partial charge is 0.319 e. The summed E-state index contributed by atoms with van der Waals surface area (Å²) in [6, 6.07) is 15.1. The number of aromatic nitrogens is 1. The highest BCUT2D eigenvalue weighted by Crippen LogP contribution is 2.22. The second-order valence-electron chi connectivity index (χ2n) is 6.78. The van der Waals surface area contributed by atoms with E-state index in [1.807, 2.05) is 48.5 Å². The van der Waals surface area contributed by atoms with Crippen molar-refractivity contribution >= 4 is 11.7 Å². The summed E-state index contributed by atoms with van der Waals surface area (Å²) in [6.07, 6.45) is 2.20. The van der Waals surface area contributed by atoms with Crippen molar-refractivity contribution in [2.75, 3.05) is 19.0 Å². The van der Waals surface area contributed by atoms with E-state index in [2.05, 4.69) is 29.5 Å². The Hall–Kier alpha value is -3.28. The van der Waals surface area contributed by atoms with E-state index < -0.39 is 0 Å². The molecule has 2 amide bonds. The van der Waals surface area contributed by atoms with Crippen molar-refractivity contribution in [2.45, 2.75) is 26.2 Å². The highest BCUT2D eigenvalue weighted by molar-refractivity contribution is 5.89. The van der Waals surface area contributed by atoms with Gasteiger partial charge in [-0.15, -0.1) is 0 Å². The lowest BCUT2D eigenvalue weighted by Gasteiger charge is -2.09. The fourth-order valence-corrected chi connectivity index (χ4v) is 2.72. The number of nitrogens with one attached hydrogen (secondary N) is 2. The molecule has 0 aliphatic heterocycles. The lowest BCUT2D eigenvalue weighted by molar-refractivity contribution is 0.252. The zero-order valence-electron chi connectivity index (χ0n) is 16.4. The summed E-state index contributed by atoms with van der Waals surface area (Å²) in [5, 5.41) is 5.66. The zero-order valence-corrected chi connectivity index (χ0v) is 16.4. The number of ether oxygens (including phenoxy) is 1. The molecule has 1 aromatic heterocycles. The maximum Gasteiger partial charge on any atom is 0.319 e. The van der Waals surface area contributed by atoms with Crippen LogP contribution in [0.1, 0.15) is 31.0 Å². The number of benzene rings is 2. The van der Waals surface area contributed by atoms with E-state index in [0.29, 0.717) is 24.8 Å². The van der Waals surface area contributed by atoms with Crippen LogP contribution in [0.25, 0.3) is 11.5 Å². The molecule has 0 saturated heterocycles. The molecule has 0 unspecified atom stereocenters. The van der Waals surface area contributed by atoms with Crippen molar-refractivity contribution in [1.29, 1.82) is 0 Å². The van der Waals surface area contributed by atoms with Crippen molar-refractivity contribution in [3.63, 3.8) is 0 Å². The van der Waals surface area contributed by atoms with Crippen molar-refractivity contribution < 1.29 is 13.9 Å². The molecule has 0 bridgehead atoms. The Labute approximate surface area is 164 Å². The zero-order chi connectivity index (χ0) is 19.9. The SMILES string of the molecule is COc1ccc(-c2nc(CCNC(=O)Nc3ccc(C(C)C)cc3)co2)cc1. The van der Waals surface area contributed by atoms with Crippen molar-refractivity contribution in [3.05, 3.63) is 66.1 Å². The van der Waals surface area contributed by atoms with Gasteiger partial charge in [0.05, 0.1) is 12.8 Å². The molecule has 3 rings (SSSR count). The first-order chi connectivity index (χ1) is 13.5. The van der Waals surface area contributed by atoms with Gasteiger partial charge in [0.25, 0.3) is 0 Å². The van der Waals surface area contributed by atoms with E-state index in [4.69, 9.17) is 9.15 Å². The van der Waals surface area contributed by atoms with Gasteiger partial charge in [-0.05, 0) is 47.9 Å². The maximum absolute atomic E-state index is 12.0. The largest absolute Gasteiger partial charge is 0.497 e. The highest BCUT2D eigenvalue weighted by atomic mass is 16.5. The second-order valence-corrected chi connectivity index (χ2v) is 6.78. The Kier molecular flexibility index (Phi) is 6.32. The minimum absolute atomic E-state index is 0.240. The molecule has 6 heteroatoms. The molecule has 3 aromatic rings. The van der Waals surface area contributed by atoms with Crippen LogP contribution in [0.2, 0.25) is 0 Å². The second kappa shape index (κ2) is 9.08. The van der Waals surface area contributed by atoms with Crippen LogP contribution in [-0.4, -0.2) is 24.7 Å². The Morgan fingerprint density at radius 3 is 2.46 bits per heavy atom. The summed E-state index contributed by atoms with van der Waals surface area (Å²) >= 11 is 0. The Morgan fingerprint density at radius 1 is 1.11 bits per heavy atom. The van der Waals surface area contributed by atoms with E-state index in [9.17, 15) is 4.79 Å². The Bertz CT molecular complexity index is 900. The van der Waals surface area contributed by atoms with Crippen LogP contribution >= 0.6 is 0 Å². The first-order valence-corrected chi connectivity index (χ1v) is 9.29. The van der Waals surface area contributed by atoms with E-state index in [-0.39, 0.29) is 6.03 Å². The van der Waals surface area contributed by atoms with Crippen LogP contribution in [-0.2, 0) is 6.42 Å². The molecule has 1 heterocycles. The summed E-state index contributed by atoms with van der Waals surface area (Å²) in [5.41, 5.74) is 3.67. The summed E-state index contributed by atoms with van der Waals surface area (Å²) in [5.74, 6) is 1.80. The Morgan fingerprint density at radius 2 is 1.82 bits per heavy atom. The molecule has 28 heavy (non-hydrogen) atoms. The van der Waals surface area contributed by atoms with Crippen LogP contribution in [0.3, 0.4) is 0 Å². The number of hydrogen-bond acceptors (Lipinski definition) is 4. The maximum atomic E-state index is 12.0. The van der Waals surface area contributed by atoms with E-state index in [0.717, 1.165) is 22.7 Å². The van der Waals surface area contributed by atoms with Gasteiger partial charge in [0.2, 0.25) is 5.89 Å². The lowest BCUT2D eigenvalue weighted by atomic mass is 10.0. The topological polar surface area (TPSA) is 76.4 Å². The number of oxazole rings is 1. The molecule has 2 N–H and O–H groups in total. The van der Waals surface area contributed by atoms with E-state index >= 15 is 0 Å². The number of nitrogens with zero attached hydrogens (tertiary/aromatic N) is 1. The number of anilines is 1. The molecule has 0 aliphatic rings. The van der Waals surface area contributed by atoms with E-state index in [1.54, 1.807) is 13.4 Å². The van der Waals surface area contributed by atoms with Gasteiger partial charge in [-0.25, -0.2) is 9.78 Å². The summed E-state index contributed by atoms with van der Waals surface area (Å²) < 4.78 is 10.7. The number of rotatable bonds is 7. The average Bonchev–Trinajstić information content (AvgIpc) is 3.17. The van der Waals surface area contributed by atoms with Crippen LogP contribution < -0.4 is 15.4 Å². The lowest BCUT2D eigenvalue weighted by Crippen LogP contribution is -2.30. The van der Waals surface area contributed by atoms with E-state index in [1.165, 1.54) is 5.56 Å². The molecule has 2 aromatic carbocycles. The minimum Gasteiger partial charge on any atom is -0.497 e. The molecule has 0 radical (unpaired) electrons. The molecular weight excluding hydrogens is 354 g/mol. The molecule has 0 aliphatic carbocycles. The van der Waals surface area contributed by atoms with Crippen molar-refractivity contribution in [3.8, 4) is 17.2 Å². The highest BCUT2D eigenvalue weighted by Gasteiger charge is 2.08. The number of methoxy groups -OCH3 is 1. The molecule has 0 atom stereocenters. The number of carbonyl (C=O) groups excluding carboxylic acids is 1. The predicted molar refractivity (Wildman–Crippen MR) is 110 cm³/mol. The summed E-state index contributed by atoms with van der Waals surface area (Å²) in [4.78, 5) is 16.5. The third-order valence-corrected chi connectivity index (χ3v) is 4.39. The number of amides is 2. The normalized spacial score (nSPS) is 10.7. The van der Waals surface area contributed by atoms with Gasteiger partial charge < -0.3 is 19.8 Å². The van der Waals surface area contributed by atoms with Crippen LogP contribution in [0.5, 0.6) is 5.75 Å². The van der Waals surface area contributed by atoms with Crippen LogP contribution in [0.15, 0.2) is 59.2 Å². The quantitative estimate of drug-likeness (QED) is 0.616. The number of carbonyl (C=O) groups is 1. The van der Waals surface area contributed by atoms with Crippen LogP contribution in [0.4, 0.5) is 10.5 Å². The predicted octanol–water partition coefficient (Wildman–Crippen LogP) is 4.84. The van der Waals surface area contributed by atoms with Gasteiger partial charge in [0.15, 0.2) is 0 Å². The standard InChI is InChI=1S/C22H25N3O3/c1-15(2)16-4-8-18(9-5-16)25-22(26)23-13-12-19-14-28-21(24-19)17-6-10-20(27-3)11-7-17/h4-11,14-15H,12-13H2,1-3H3,(H2,23,25,26). The Balaban J connectivity index is 1.47. The minimum atomic E-state index is -0.240. The van der Waals surface area contributed by atoms with Gasteiger partial charge in [0, 0.05) is 24.2 Å². The molecule has 6 nitrogen and oxygen atoms in total.